The van der Waals surface area contributed by atoms with Gasteiger partial charge in [-0.1, -0.05) is 42.5 Å². The van der Waals surface area contributed by atoms with E-state index in [1.807, 2.05) is 61.5 Å². The number of amidine groups is 1. The zero-order chi connectivity index (χ0) is 18.5. The number of carboxylic acids is 1. The van der Waals surface area contributed by atoms with Crippen LogP contribution in [-0.4, -0.2) is 28.5 Å². The summed E-state index contributed by atoms with van der Waals surface area (Å²) in [7, 11) is 0. The van der Waals surface area contributed by atoms with Crippen molar-refractivity contribution in [1.29, 1.82) is 0 Å². The summed E-state index contributed by atoms with van der Waals surface area (Å²) in [6.45, 7) is 1.88. The van der Waals surface area contributed by atoms with Crippen LogP contribution in [0.25, 0.3) is 0 Å². The lowest BCUT2D eigenvalue weighted by Gasteiger charge is -2.18. The van der Waals surface area contributed by atoms with E-state index in [0.29, 0.717) is 11.5 Å². The van der Waals surface area contributed by atoms with Gasteiger partial charge in [0.2, 0.25) is 5.91 Å². The Bertz CT molecular complexity index is 930. The molecule has 0 radical (unpaired) electrons. The molecule has 1 aliphatic rings. The number of para-hydroxylation sites is 2. The lowest BCUT2D eigenvalue weighted by atomic mass is 9.93. The number of carbonyl (C=O) groups excluding carboxylic acids is 1. The van der Waals surface area contributed by atoms with E-state index in [-0.39, 0.29) is 5.92 Å². The molecule has 2 N–H and O–H groups in total. The monoisotopic (exact) mass is 347 g/mol. The van der Waals surface area contributed by atoms with E-state index in [0.717, 1.165) is 29.1 Å². The molecule has 1 unspecified atom stereocenters. The van der Waals surface area contributed by atoms with Crippen molar-refractivity contribution in [3.63, 3.8) is 0 Å². The molecule has 0 aliphatic carbocycles. The second-order valence-electron chi connectivity index (χ2n) is 5.74. The summed E-state index contributed by atoms with van der Waals surface area (Å²) in [6.07, 6.45) is 1.76. The number of carbonyl (C=O) groups is 2. The number of rotatable bonds is 3. The van der Waals surface area contributed by atoms with Crippen molar-refractivity contribution in [2.24, 2.45) is 9.98 Å². The van der Waals surface area contributed by atoms with E-state index in [1.54, 1.807) is 0 Å². The van der Waals surface area contributed by atoms with Crippen molar-refractivity contribution < 1.29 is 14.7 Å². The molecule has 0 fully saturated rings. The van der Waals surface area contributed by atoms with Gasteiger partial charge in [-0.2, -0.15) is 0 Å². The maximum absolute atomic E-state index is 12.1. The molecule has 2 aromatic carbocycles. The predicted octanol–water partition coefficient (Wildman–Crippen LogP) is 3.36. The average molecular weight is 347 g/mol. The fraction of sp³-hybridized carbons (Fsp3) is 0.100. The minimum Gasteiger partial charge on any atom is -0.478 e. The van der Waals surface area contributed by atoms with Crippen molar-refractivity contribution in [1.82, 2.24) is 5.32 Å². The molecule has 1 atom stereocenters. The number of fused-ring (bicyclic) bond motifs is 1. The van der Waals surface area contributed by atoms with Gasteiger partial charge in [0.15, 0.2) is 0 Å². The molecule has 1 heterocycles. The molecule has 2 aromatic rings. The van der Waals surface area contributed by atoms with E-state index in [1.165, 1.54) is 0 Å². The first-order chi connectivity index (χ1) is 12.5. The molecular weight excluding hydrogens is 330 g/mol. The normalized spacial score (nSPS) is 16.3. The predicted molar refractivity (Wildman–Crippen MR) is 100 cm³/mol. The number of aliphatic carboxylic acids is 1. The maximum atomic E-state index is 12.1. The van der Waals surface area contributed by atoms with Crippen molar-refractivity contribution in [3.8, 4) is 0 Å². The maximum Gasteiger partial charge on any atom is 0.328 e. The third-order valence-electron chi connectivity index (χ3n) is 3.87. The molecular formula is C20H17N3O3. The average Bonchev–Trinajstić information content (AvgIpc) is 2.76. The molecule has 1 aliphatic heterocycles. The van der Waals surface area contributed by atoms with E-state index < -0.39 is 11.9 Å². The van der Waals surface area contributed by atoms with Gasteiger partial charge in [0.25, 0.3) is 0 Å². The number of hydrogen-bond donors (Lipinski definition) is 2. The van der Waals surface area contributed by atoms with Crippen LogP contribution in [-0.2, 0) is 9.59 Å². The molecule has 0 bridgehead atoms. The van der Waals surface area contributed by atoms with Gasteiger partial charge in [0, 0.05) is 17.9 Å². The first-order valence-electron chi connectivity index (χ1n) is 8.04. The van der Waals surface area contributed by atoms with Crippen molar-refractivity contribution in [2.45, 2.75) is 12.8 Å². The quantitative estimate of drug-likeness (QED) is 0.834. The number of benzene rings is 2. The highest BCUT2D eigenvalue weighted by Gasteiger charge is 2.25. The van der Waals surface area contributed by atoms with Crippen LogP contribution in [0.5, 0.6) is 0 Å². The first-order valence-corrected chi connectivity index (χ1v) is 8.04. The van der Waals surface area contributed by atoms with Crippen LogP contribution >= 0.6 is 0 Å². The highest BCUT2D eigenvalue weighted by molar-refractivity contribution is 6.18. The second kappa shape index (κ2) is 7.57. The fourth-order valence-corrected chi connectivity index (χ4v) is 2.76. The van der Waals surface area contributed by atoms with Crippen LogP contribution in [0.15, 0.2) is 76.7 Å². The summed E-state index contributed by atoms with van der Waals surface area (Å²) in [5.74, 6) is -1.68. The Morgan fingerprint density at radius 1 is 0.962 bits per heavy atom. The zero-order valence-corrected chi connectivity index (χ0v) is 14.1. The third-order valence-corrected chi connectivity index (χ3v) is 3.87. The zero-order valence-electron chi connectivity index (χ0n) is 14.1. The van der Waals surface area contributed by atoms with Crippen molar-refractivity contribution in [3.05, 3.63) is 72.3 Å². The third kappa shape index (κ3) is 3.92. The molecule has 6 heteroatoms. The Labute approximate surface area is 150 Å². The standard InChI is InChI=1S/C20H17N3O3/c1-13-19(14-7-3-2-4-8-14)20(23-17(24)11-12-18(25)26)22-16-10-6-5-9-15(16)21-13/h2-12,19H,1H3,(H,25,26)(H,22,23,24). The molecule has 1 amide bonds. The molecule has 0 saturated carbocycles. The molecule has 3 rings (SSSR count). The smallest absolute Gasteiger partial charge is 0.328 e. The van der Waals surface area contributed by atoms with Gasteiger partial charge in [0.05, 0.1) is 17.3 Å². The molecule has 26 heavy (non-hydrogen) atoms. The summed E-state index contributed by atoms with van der Waals surface area (Å²) < 4.78 is 0. The highest BCUT2D eigenvalue weighted by atomic mass is 16.4. The van der Waals surface area contributed by atoms with E-state index in [2.05, 4.69) is 15.3 Å². The number of aliphatic imine (C=N–C) groups is 2. The van der Waals surface area contributed by atoms with Gasteiger partial charge in [-0.25, -0.2) is 9.79 Å². The summed E-state index contributed by atoms with van der Waals surface area (Å²) in [5.41, 5.74) is 3.07. The van der Waals surface area contributed by atoms with Gasteiger partial charge < -0.3 is 10.4 Å². The van der Waals surface area contributed by atoms with Crippen LogP contribution in [0.4, 0.5) is 11.4 Å². The van der Waals surface area contributed by atoms with Gasteiger partial charge in [0.1, 0.15) is 5.84 Å². The Morgan fingerprint density at radius 3 is 2.23 bits per heavy atom. The van der Waals surface area contributed by atoms with E-state index >= 15 is 0 Å². The van der Waals surface area contributed by atoms with Gasteiger partial charge in [-0.3, -0.25) is 9.79 Å². The van der Waals surface area contributed by atoms with Crippen LogP contribution in [0.2, 0.25) is 0 Å². The lowest BCUT2D eigenvalue weighted by molar-refractivity contribution is -0.131. The number of hydrogen-bond acceptors (Lipinski definition) is 4. The number of nitrogens with zero attached hydrogens (tertiary/aromatic N) is 2. The van der Waals surface area contributed by atoms with Gasteiger partial charge in [-0.05, 0) is 24.6 Å². The Kier molecular flexibility index (Phi) is 5.03. The van der Waals surface area contributed by atoms with Gasteiger partial charge in [-0.15, -0.1) is 0 Å². The topological polar surface area (TPSA) is 91.1 Å². The molecule has 0 aromatic heterocycles. The fourth-order valence-electron chi connectivity index (χ4n) is 2.76. The van der Waals surface area contributed by atoms with E-state index in [9.17, 15) is 9.59 Å². The minimum atomic E-state index is -1.19. The lowest BCUT2D eigenvalue weighted by Crippen LogP contribution is -2.36. The van der Waals surface area contributed by atoms with Crippen LogP contribution in [0, 0.1) is 0 Å². The summed E-state index contributed by atoms with van der Waals surface area (Å²) >= 11 is 0. The van der Waals surface area contributed by atoms with Gasteiger partial charge >= 0.3 is 5.97 Å². The van der Waals surface area contributed by atoms with E-state index in [4.69, 9.17) is 5.11 Å². The summed E-state index contributed by atoms with van der Waals surface area (Å²) in [5, 5.41) is 11.4. The van der Waals surface area contributed by atoms with Crippen LogP contribution in [0.3, 0.4) is 0 Å². The second-order valence-corrected chi connectivity index (χ2v) is 5.74. The molecule has 0 saturated heterocycles. The van der Waals surface area contributed by atoms with Crippen molar-refractivity contribution in [2.75, 3.05) is 0 Å². The largest absolute Gasteiger partial charge is 0.478 e. The first kappa shape index (κ1) is 17.3. The SMILES string of the molecule is CC1=Nc2ccccc2N=C(NC(=O)C=CC(=O)O)C1c1ccccc1. The van der Waals surface area contributed by atoms with Crippen LogP contribution < -0.4 is 5.32 Å². The summed E-state index contributed by atoms with van der Waals surface area (Å²) in [4.78, 5) is 32.0. The summed E-state index contributed by atoms with van der Waals surface area (Å²) in [6, 6.07) is 17.0. The molecule has 0 spiro atoms. The Morgan fingerprint density at radius 2 is 1.58 bits per heavy atom. The van der Waals surface area contributed by atoms with Crippen molar-refractivity contribution >= 4 is 34.8 Å². The molecule has 6 nitrogen and oxygen atoms in total. The number of amides is 1. The molecule has 130 valence electrons. The number of carboxylic acid groups (broad SMARTS) is 1. The minimum absolute atomic E-state index is 0.342. The Hall–Kier alpha value is -3.54. The van der Waals surface area contributed by atoms with Crippen LogP contribution in [0.1, 0.15) is 18.4 Å². The number of nitrogens with one attached hydrogen (secondary N) is 1. The Balaban J connectivity index is 2.06. The highest BCUT2D eigenvalue weighted by Crippen LogP contribution is 2.34.